The molecular weight excluding hydrogens is 450 g/mol. The Morgan fingerprint density at radius 3 is 2.51 bits per heavy atom. The number of aromatic nitrogens is 1. The van der Waals surface area contributed by atoms with Gasteiger partial charge >= 0.3 is 0 Å². The molecule has 0 N–H and O–H groups in total. The molecule has 3 aromatic rings. The molecule has 2 heteroatoms. The first-order chi connectivity index (χ1) is 17.9. The second-order valence-electron chi connectivity index (χ2n) is 12.6. The van der Waals surface area contributed by atoms with Crippen molar-refractivity contribution >= 4 is 5.78 Å². The molecule has 2 bridgehead atoms. The van der Waals surface area contributed by atoms with Crippen molar-refractivity contribution in [3.05, 3.63) is 88.7 Å². The Labute approximate surface area is 222 Å². The van der Waals surface area contributed by atoms with Gasteiger partial charge in [-0.05, 0) is 109 Å². The van der Waals surface area contributed by atoms with E-state index in [0.29, 0.717) is 18.1 Å². The standard InChI is InChI=1S/C35H41NO/c1-23-7-12-31(22-36-23)27-13-10-25(11-14-27)5-4-6-34(37)30-16-15-29-20-32-24(2)35(3,33(29)21-30)18-17-28(32)19-26-8-9-26/h7,10-16,21-22,24,26,28,32H,4-6,8-9,17-20H2,1-3H3/t24-,28-,32+,35?/m0/s1. The summed E-state index contributed by atoms with van der Waals surface area (Å²) in [6.45, 7) is 7.00. The highest BCUT2D eigenvalue weighted by atomic mass is 16.1. The SMILES string of the molecule is Cc1ccc(-c2ccc(CCCC(=O)c3ccc4c(c3)C3(C)CC[C@@H](CC5CC5)[C@H](C4)[C@@H]3C)cc2)cn1. The maximum atomic E-state index is 13.2. The van der Waals surface area contributed by atoms with Crippen molar-refractivity contribution in [2.75, 3.05) is 0 Å². The van der Waals surface area contributed by atoms with Crippen LogP contribution in [0.25, 0.3) is 11.1 Å². The summed E-state index contributed by atoms with van der Waals surface area (Å²) in [6.07, 6.45) is 12.6. The number of hydrogen-bond acceptors (Lipinski definition) is 2. The molecule has 2 nitrogen and oxygen atoms in total. The van der Waals surface area contributed by atoms with E-state index < -0.39 is 0 Å². The minimum absolute atomic E-state index is 0.226. The van der Waals surface area contributed by atoms with Crippen molar-refractivity contribution in [2.45, 2.75) is 84.0 Å². The number of pyridine rings is 1. The number of benzene rings is 2. The molecule has 4 atom stereocenters. The fourth-order valence-corrected chi connectivity index (χ4v) is 7.42. The van der Waals surface area contributed by atoms with Crippen LogP contribution in [0.2, 0.25) is 0 Å². The van der Waals surface area contributed by atoms with Crippen LogP contribution >= 0.6 is 0 Å². The lowest BCUT2D eigenvalue weighted by Crippen LogP contribution is -2.48. The Kier molecular flexibility index (Phi) is 6.55. The minimum atomic E-state index is 0.226. The number of nitrogens with zero attached hydrogens (tertiary/aromatic N) is 1. The van der Waals surface area contributed by atoms with E-state index in [1.54, 1.807) is 0 Å². The quantitative estimate of drug-likeness (QED) is 0.296. The van der Waals surface area contributed by atoms with E-state index in [-0.39, 0.29) is 5.41 Å². The van der Waals surface area contributed by atoms with Gasteiger partial charge in [0.05, 0.1) is 0 Å². The minimum Gasteiger partial charge on any atom is -0.294 e. The molecule has 2 fully saturated rings. The van der Waals surface area contributed by atoms with Crippen molar-refractivity contribution < 1.29 is 4.79 Å². The van der Waals surface area contributed by atoms with Gasteiger partial charge in [-0.25, -0.2) is 0 Å². The van der Waals surface area contributed by atoms with Crippen molar-refractivity contribution in [3.8, 4) is 11.1 Å². The van der Waals surface area contributed by atoms with Crippen molar-refractivity contribution in [2.24, 2.45) is 23.7 Å². The van der Waals surface area contributed by atoms with E-state index in [1.165, 1.54) is 60.8 Å². The van der Waals surface area contributed by atoms with Crippen molar-refractivity contribution in [1.29, 1.82) is 0 Å². The third-order valence-electron chi connectivity index (χ3n) is 10.2. The molecule has 1 unspecified atom stereocenters. The number of fused-ring (bicyclic) bond motifs is 4. The second-order valence-corrected chi connectivity index (χ2v) is 12.6. The van der Waals surface area contributed by atoms with Crippen LogP contribution in [0.4, 0.5) is 0 Å². The van der Waals surface area contributed by atoms with Crippen LogP contribution in [0, 0.1) is 30.6 Å². The van der Waals surface area contributed by atoms with Crippen LogP contribution in [0.3, 0.4) is 0 Å². The molecule has 0 aliphatic heterocycles. The lowest BCUT2D eigenvalue weighted by atomic mass is 9.51. The van der Waals surface area contributed by atoms with Gasteiger partial charge in [0, 0.05) is 29.4 Å². The summed E-state index contributed by atoms with van der Waals surface area (Å²) in [7, 11) is 0. The van der Waals surface area contributed by atoms with Crippen LogP contribution in [0.1, 0.15) is 91.5 Å². The van der Waals surface area contributed by atoms with Crippen LogP contribution in [0.5, 0.6) is 0 Å². The molecule has 1 heterocycles. The largest absolute Gasteiger partial charge is 0.294 e. The normalized spacial score (nSPS) is 26.5. The number of carbonyl (C=O) groups excluding carboxylic acids is 1. The molecule has 2 aromatic carbocycles. The molecule has 0 amide bonds. The van der Waals surface area contributed by atoms with Crippen LogP contribution < -0.4 is 0 Å². The van der Waals surface area contributed by atoms with Crippen LogP contribution in [-0.2, 0) is 18.3 Å². The Bertz CT molecular complexity index is 1270. The zero-order valence-corrected chi connectivity index (χ0v) is 22.8. The zero-order valence-electron chi connectivity index (χ0n) is 22.8. The van der Waals surface area contributed by atoms with Crippen LogP contribution in [-0.4, -0.2) is 10.8 Å². The lowest BCUT2D eigenvalue weighted by Gasteiger charge is -2.53. The fourth-order valence-electron chi connectivity index (χ4n) is 7.42. The fraction of sp³-hybridized carbons (Fsp3) is 0.486. The average molecular weight is 492 g/mol. The molecule has 2 saturated carbocycles. The highest BCUT2D eigenvalue weighted by molar-refractivity contribution is 5.96. The van der Waals surface area contributed by atoms with E-state index in [1.807, 2.05) is 13.1 Å². The molecular formula is C35H41NO. The highest BCUT2D eigenvalue weighted by Gasteiger charge is 2.49. The Hall–Kier alpha value is -2.74. The molecule has 3 aliphatic carbocycles. The third-order valence-corrected chi connectivity index (χ3v) is 10.2. The number of hydrogen-bond donors (Lipinski definition) is 0. The van der Waals surface area contributed by atoms with Gasteiger partial charge in [0.15, 0.2) is 5.78 Å². The van der Waals surface area contributed by atoms with Crippen LogP contribution in [0.15, 0.2) is 60.8 Å². The van der Waals surface area contributed by atoms with E-state index in [9.17, 15) is 4.79 Å². The summed E-state index contributed by atoms with van der Waals surface area (Å²) in [6, 6.07) is 19.6. The van der Waals surface area contributed by atoms with Gasteiger partial charge in [0.25, 0.3) is 0 Å². The Morgan fingerprint density at radius 1 is 1.00 bits per heavy atom. The Morgan fingerprint density at radius 2 is 1.78 bits per heavy atom. The molecule has 0 saturated heterocycles. The molecule has 1 aromatic heterocycles. The van der Waals surface area contributed by atoms with Crippen molar-refractivity contribution in [3.63, 3.8) is 0 Å². The number of ketones is 1. The molecule has 37 heavy (non-hydrogen) atoms. The maximum absolute atomic E-state index is 13.2. The summed E-state index contributed by atoms with van der Waals surface area (Å²) in [5.74, 6) is 3.76. The van der Waals surface area contributed by atoms with E-state index in [4.69, 9.17) is 0 Å². The van der Waals surface area contributed by atoms with Crippen molar-refractivity contribution in [1.82, 2.24) is 4.98 Å². The van der Waals surface area contributed by atoms with E-state index in [2.05, 4.69) is 73.4 Å². The monoisotopic (exact) mass is 491 g/mol. The first-order valence-electron chi connectivity index (χ1n) is 14.6. The number of aryl methyl sites for hydroxylation is 2. The Balaban J connectivity index is 1.09. The molecule has 192 valence electrons. The highest BCUT2D eigenvalue weighted by Crippen LogP contribution is 2.56. The average Bonchev–Trinajstić information content (AvgIpc) is 3.73. The smallest absolute Gasteiger partial charge is 0.162 e. The zero-order chi connectivity index (χ0) is 25.6. The second kappa shape index (κ2) is 9.86. The third kappa shape index (κ3) is 4.92. The van der Waals surface area contributed by atoms with Gasteiger partial charge in [-0.2, -0.15) is 0 Å². The number of Topliss-reactive ketones (excluding diaryl/α,β-unsaturated/α-hetero) is 1. The predicted molar refractivity (Wildman–Crippen MR) is 152 cm³/mol. The van der Waals surface area contributed by atoms with E-state index >= 15 is 0 Å². The summed E-state index contributed by atoms with van der Waals surface area (Å²) < 4.78 is 0. The van der Waals surface area contributed by atoms with Gasteiger partial charge in [-0.15, -0.1) is 0 Å². The maximum Gasteiger partial charge on any atom is 0.162 e. The summed E-state index contributed by atoms with van der Waals surface area (Å²) in [5, 5.41) is 0. The first-order valence-corrected chi connectivity index (χ1v) is 14.6. The summed E-state index contributed by atoms with van der Waals surface area (Å²) >= 11 is 0. The lowest BCUT2D eigenvalue weighted by molar-refractivity contribution is 0.0594. The molecule has 0 radical (unpaired) electrons. The molecule has 6 rings (SSSR count). The summed E-state index contributed by atoms with van der Waals surface area (Å²) in [4.78, 5) is 17.6. The number of rotatable bonds is 8. The topological polar surface area (TPSA) is 30.0 Å². The van der Waals surface area contributed by atoms with Gasteiger partial charge in [0.2, 0.25) is 0 Å². The van der Waals surface area contributed by atoms with Gasteiger partial charge in [-0.1, -0.05) is 69.2 Å². The first kappa shape index (κ1) is 24.6. The van der Waals surface area contributed by atoms with Gasteiger partial charge in [-0.3, -0.25) is 9.78 Å². The van der Waals surface area contributed by atoms with E-state index in [0.717, 1.165) is 47.4 Å². The molecule has 0 spiro atoms. The molecule has 3 aliphatic rings. The van der Waals surface area contributed by atoms with Gasteiger partial charge in [0.1, 0.15) is 0 Å². The number of carbonyl (C=O) groups is 1. The van der Waals surface area contributed by atoms with Gasteiger partial charge < -0.3 is 0 Å². The summed E-state index contributed by atoms with van der Waals surface area (Å²) in [5.41, 5.74) is 8.81. The predicted octanol–water partition coefficient (Wildman–Crippen LogP) is 8.54.